The van der Waals surface area contributed by atoms with Crippen molar-refractivity contribution < 1.29 is 36.2 Å². The Balaban J connectivity index is 1.78. The van der Waals surface area contributed by atoms with Crippen LogP contribution in [0.15, 0.2) is 36.5 Å². The van der Waals surface area contributed by atoms with E-state index >= 15 is 0 Å². The second-order valence-electron chi connectivity index (χ2n) is 7.47. The first-order chi connectivity index (χ1) is 14.0. The lowest BCUT2D eigenvalue weighted by Gasteiger charge is -2.24. The van der Waals surface area contributed by atoms with E-state index in [1.54, 1.807) is 6.20 Å². The van der Waals surface area contributed by atoms with Gasteiger partial charge in [0.25, 0.3) is 0 Å². The fraction of sp³-hybridized carbons (Fsp3) is 0.333. The molecule has 0 bridgehead atoms. The van der Waals surface area contributed by atoms with Gasteiger partial charge >= 0.3 is 12.4 Å². The number of benzene rings is 2. The van der Waals surface area contributed by atoms with Crippen molar-refractivity contribution in [2.24, 2.45) is 5.92 Å². The molecule has 3 nitrogen and oxygen atoms in total. The van der Waals surface area contributed by atoms with Crippen molar-refractivity contribution in [2.45, 2.75) is 38.0 Å². The van der Waals surface area contributed by atoms with Gasteiger partial charge in [-0.2, -0.15) is 26.3 Å². The lowest BCUT2D eigenvalue weighted by molar-refractivity contribution is -0.145. The number of hydrogen-bond donors (Lipinski definition) is 1. The molecule has 1 N–H and O–H groups in total. The van der Waals surface area contributed by atoms with Crippen molar-refractivity contribution in [1.82, 2.24) is 4.98 Å². The summed E-state index contributed by atoms with van der Waals surface area (Å²) in [7, 11) is 0. The largest absolute Gasteiger partial charge is 0.456 e. The summed E-state index contributed by atoms with van der Waals surface area (Å²) >= 11 is 0. The second-order valence-corrected chi connectivity index (χ2v) is 7.47. The van der Waals surface area contributed by atoms with E-state index in [0.717, 1.165) is 31.2 Å². The molecule has 1 heterocycles. The summed E-state index contributed by atoms with van der Waals surface area (Å²) in [4.78, 5) is 3.05. The van der Waals surface area contributed by atoms with Crippen LogP contribution < -0.4 is 4.74 Å². The van der Waals surface area contributed by atoms with Crippen LogP contribution in [0.5, 0.6) is 17.2 Å². The standard InChI is InChI=1S/C21H16F6NO2/c22-20(23,24)16-7-13(29)8-17(21(25,26)27)19(16)30-14-4-5-18-15(9-14)12(10-28-18)6-11-2-1-3-11/h4-5,7-11,28H,1-3,6H2. The maximum Gasteiger partial charge on any atom is 0.420 e. The zero-order chi connectivity index (χ0) is 21.7. The van der Waals surface area contributed by atoms with Gasteiger partial charge in [-0.25, -0.2) is 0 Å². The number of rotatable bonds is 4. The van der Waals surface area contributed by atoms with Gasteiger partial charge in [0, 0.05) is 29.2 Å². The minimum atomic E-state index is -5.19. The molecule has 1 radical (unpaired) electrons. The summed E-state index contributed by atoms with van der Waals surface area (Å²) in [6.45, 7) is 0. The van der Waals surface area contributed by atoms with Gasteiger partial charge in [-0.1, -0.05) is 19.3 Å². The first-order valence-electron chi connectivity index (χ1n) is 9.29. The van der Waals surface area contributed by atoms with Crippen molar-refractivity contribution in [3.63, 3.8) is 0 Å². The predicted molar refractivity (Wildman–Crippen MR) is 96.0 cm³/mol. The van der Waals surface area contributed by atoms with Crippen LogP contribution >= 0.6 is 0 Å². The van der Waals surface area contributed by atoms with Gasteiger partial charge in [-0.05, 0) is 36.1 Å². The van der Waals surface area contributed by atoms with Gasteiger partial charge in [-0.3, -0.25) is 5.11 Å². The SMILES string of the molecule is [O]c1cc(C(F)(F)F)c(Oc2ccc3[nH]cc(CC4CCC4)c3c2)c(C(F)(F)F)c1. The van der Waals surface area contributed by atoms with Crippen LogP contribution in [-0.2, 0) is 23.9 Å². The van der Waals surface area contributed by atoms with E-state index in [2.05, 4.69) is 4.98 Å². The van der Waals surface area contributed by atoms with Gasteiger partial charge in [0.15, 0.2) is 11.5 Å². The average molecular weight is 428 g/mol. The Bertz CT molecular complexity index is 1040. The van der Waals surface area contributed by atoms with E-state index in [-0.39, 0.29) is 17.9 Å². The van der Waals surface area contributed by atoms with Gasteiger partial charge in [-0.15, -0.1) is 0 Å². The molecule has 0 amide bonds. The van der Waals surface area contributed by atoms with Crippen molar-refractivity contribution in [2.75, 3.05) is 0 Å². The lowest BCUT2D eigenvalue weighted by atomic mass is 9.81. The number of nitrogens with one attached hydrogen (secondary N) is 1. The molecule has 30 heavy (non-hydrogen) atoms. The summed E-state index contributed by atoms with van der Waals surface area (Å²) in [5.41, 5.74) is -1.88. The van der Waals surface area contributed by atoms with Crippen LogP contribution in [0.3, 0.4) is 0 Å². The molecule has 9 heteroatoms. The number of alkyl halides is 6. The highest BCUT2D eigenvalue weighted by Crippen LogP contribution is 2.48. The predicted octanol–water partition coefficient (Wildman–Crippen LogP) is 7.48. The highest BCUT2D eigenvalue weighted by Gasteiger charge is 2.43. The molecular weight excluding hydrogens is 412 g/mol. The van der Waals surface area contributed by atoms with E-state index in [9.17, 15) is 31.4 Å². The highest BCUT2D eigenvalue weighted by atomic mass is 19.4. The molecule has 1 aliphatic carbocycles. The van der Waals surface area contributed by atoms with Gasteiger partial charge in [0.1, 0.15) is 16.9 Å². The van der Waals surface area contributed by atoms with E-state index in [4.69, 9.17) is 4.74 Å². The fourth-order valence-electron chi connectivity index (χ4n) is 3.65. The third-order valence-electron chi connectivity index (χ3n) is 5.37. The highest BCUT2D eigenvalue weighted by molar-refractivity contribution is 5.84. The lowest BCUT2D eigenvalue weighted by Crippen LogP contribution is -2.14. The Morgan fingerprint density at radius 2 is 1.60 bits per heavy atom. The number of ether oxygens (including phenoxy) is 1. The molecule has 159 valence electrons. The number of halogens is 6. The topological polar surface area (TPSA) is 44.9 Å². The zero-order valence-corrected chi connectivity index (χ0v) is 15.5. The van der Waals surface area contributed by atoms with E-state index < -0.39 is 35.0 Å². The minimum absolute atomic E-state index is 0.113. The van der Waals surface area contributed by atoms with Crippen molar-refractivity contribution in [1.29, 1.82) is 0 Å². The molecule has 0 saturated heterocycles. The van der Waals surface area contributed by atoms with Crippen molar-refractivity contribution in [3.8, 4) is 17.2 Å². The molecule has 0 unspecified atom stereocenters. The Morgan fingerprint density at radius 1 is 0.967 bits per heavy atom. The summed E-state index contributed by atoms with van der Waals surface area (Å²) in [6, 6.07) is 4.48. The molecule has 2 aromatic carbocycles. The Morgan fingerprint density at radius 3 is 2.13 bits per heavy atom. The molecule has 3 aromatic rings. The molecule has 0 atom stereocenters. The maximum atomic E-state index is 13.4. The van der Waals surface area contributed by atoms with E-state index in [1.165, 1.54) is 18.2 Å². The van der Waals surface area contributed by atoms with Crippen LogP contribution in [0.4, 0.5) is 26.3 Å². The van der Waals surface area contributed by atoms with Crippen molar-refractivity contribution in [3.05, 3.63) is 53.2 Å². The van der Waals surface area contributed by atoms with Crippen LogP contribution in [0.2, 0.25) is 0 Å². The monoisotopic (exact) mass is 428 g/mol. The smallest absolute Gasteiger partial charge is 0.420 e. The second kappa shape index (κ2) is 7.14. The molecule has 1 aromatic heterocycles. The van der Waals surface area contributed by atoms with Gasteiger partial charge in [0.2, 0.25) is 0 Å². The number of hydrogen-bond acceptors (Lipinski definition) is 1. The Labute approximate surface area is 167 Å². The summed E-state index contributed by atoms with van der Waals surface area (Å²) in [5, 5.41) is 12.2. The fourth-order valence-corrected chi connectivity index (χ4v) is 3.65. The molecule has 1 aliphatic rings. The van der Waals surface area contributed by atoms with Crippen molar-refractivity contribution >= 4 is 10.9 Å². The molecule has 0 aliphatic heterocycles. The molecule has 1 saturated carbocycles. The number of H-pyrrole nitrogens is 1. The normalized spacial score (nSPS) is 15.4. The van der Waals surface area contributed by atoms with Crippen LogP contribution in [-0.4, -0.2) is 4.98 Å². The number of aromatic nitrogens is 1. The molecular formula is C21H16F6NO2. The molecule has 4 rings (SSSR count). The third kappa shape index (κ3) is 3.93. The number of fused-ring (bicyclic) bond motifs is 1. The number of aromatic amines is 1. The van der Waals surface area contributed by atoms with Crippen LogP contribution in [0.1, 0.15) is 36.0 Å². The Kier molecular flexibility index (Phi) is 4.86. The summed E-state index contributed by atoms with van der Waals surface area (Å²) in [5.74, 6) is -2.48. The van der Waals surface area contributed by atoms with Crippen LogP contribution in [0, 0.1) is 5.92 Å². The quantitative estimate of drug-likeness (QED) is 0.430. The van der Waals surface area contributed by atoms with E-state index in [1.807, 2.05) is 0 Å². The Hall–Kier alpha value is -2.84. The maximum absolute atomic E-state index is 13.4. The van der Waals surface area contributed by atoms with E-state index in [0.29, 0.717) is 16.8 Å². The average Bonchev–Trinajstić information content (AvgIpc) is 2.99. The summed E-state index contributed by atoms with van der Waals surface area (Å²) in [6.07, 6.45) is -4.48. The first-order valence-corrected chi connectivity index (χ1v) is 9.29. The van der Waals surface area contributed by atoms with Gasteiger partial charge in [0.05, 0.1) is 0 Å². The minimum Gasteiger partial charge on any atom is -0.456 e. The molecule has 1 fully saturated rings. The van der Waals surface area contributed by atoms with Crippen LogP contribution in [0.25, 0.3) is 10.9 Å². The molecule has 0 spiro atoms. The summed E-state index contributed by atoms with van der Waals surface area (Å²) < 4.78 is 85.3. The third-order valence-corrected chi connectivity index (χ3v) is 5.37. The first kappa shape index (κ1) is 20.4. The van der Waals surface area contributed by atoms with Gasteiger partial charge < -0.3 is 9.72 Å². The zero-order valence-electron chi connectivity index (χ0n) is 15.5.